The lowest BCUT2D eigenvalue weighted by Crippen LogP contribution is -1.91. The third kappa shape index (κ3) is 0.755. The Labute approximate surface area is 40.4 Å². The van der Waals surface area contributed by atoms with E-state index in [2.05, 4.69) is 16.0 Å². The van der Waals surface area contributed by atoms with Crippen LogP contribution in [0.4, 0.5) is 0 Å². The largest absolute Gasteiger partial charge is 0.248 e. The molecule has 0 saturated heterocycles. The maximum Gasteiger partial charge on any atom is 0.0563 e. The van der Waals surface area contributed by atoms with Gasteiger partial charge in [-0.05, 0) is 11.9 Å². The summed E-state index contributed by atoms with van der Waals surface area (Å²) in [4.78, 5) is 2.65. The Hall–Kier alpha value is -0.440. The van der Waals surface area contributed by atoms with Crippen LogP contribution in [-0.4, -0.2) is 6.21 Å². The zero-order valence-corrected chi connectivity index (χ0v) is 3.83. The summed E-state index contributed by atoms with van der Waals surface area (Å²) >= 11 is 1.41. The second-order valence-electron chi connectivity index (χ2n) is 0.752. The van der Waals surface area contributed by atoms with E-state index < -0.39 is 0 Å². The molecule has 0 atom stereocenters. The molecule has 6 heavy (non-hydrogen) atoms. The van der Waals surface area contributed by atoms with E-state index in [0.29, 0.717) is 0 Å². The van der Waals surface area contributed by atoms with Gasteiger partial charge in [-0.25, -0.2) is 4.83 Å². The van der Waals surface area contributed by atoms with Crippen LogP contribution in [0.5, 0.6) is 0 Å². The highest BCUT2D eigenvalue weighted by Crippen LogP contribution is 1.95. The van der Waals surface area contributed by atoms with Crippen molar-refractivity contribution in [1.82, 2.24) is 4.83 Å². The molecular weight excluding hydrogens is 96.1 g/mol. The molecule has 1 heterocycles. The molecule has 1 rings (SSSR count). The SMILES string of the molecule is [C]1=CSNN=C1. The summed E-state index contributed by atoms with van der Waals surface area (Å²) in [7, 11) is 0. The van der Waals surface area contributed by atoms with Gasteiger partial charge < -0.3 is 0 Å². The molecule has 0 saturated carbocycles. The van der Waals surface area contributed by atoms with E-state index in [0.717, 1.165) is 0 Å². The van der Waals surface area contributed by atoms with Gasteiger partial charge in [0.15, 0.2) is 0 Å². The van der Waals surface area contributed by atoms with Crippen LogP contribution in [0, 0.1) is 6.08 Å². The fraction of sp³-hybridized carbons (Fsp3) is 0. The minimum absolute atomic E-state index is 1.41. The predicted molar refractivity (Wildman–Crippen MR) is 27.0 cm³/mol. The van der Waals surface area contributed by atoms with Gasteiger partial charge in [-0.2, -0.15) is 5.10 Å². The van der Waals surface area contributed by atoms with Gasteiger partial charge in [0.1, 0.15) is 0 Å². The molecule has 0 spiro atoms. The molecule has 31 valence electrons. The molecule has 0 fully saturated rings. The molecule has 0 amide bonds. The summed E-state index contributed by atoms with van der Waals surface area (Å²) in [5, 5.41) is 5.42. The number of hydrogen-bond acceptors (Lipinski definition) is 3. The molecular formula is C3H3N2S. The van der Waals surface area contributed by atoms with E-state index in [1.54, 1.807) is 11.6 Å². The first-order chi connectivity index (χ1) is 3.00. The monoisotopic (exact) mass is 99.0 g/mol. The predicted octanol–water partition coefficient (Wildman–Crippen LogP) is 0.540. The van der Waals surface area contributed by atoms with Crippen molar-refractivity contribution < 1.29 is 0 Å². The number of nitrogens with one attached hydrogen (secondary N) is 1. The maximum absolute atomic E-state index is 3.62. The summed E-state index contributed by atoms with van der Waals surface area (Å²) in [6, 6.07) is 0. The standard InChI is InChI=1S/C3H3N2S/c1-2-4-5-6-3-1/h2-3,5H. The molecule has 0 bridgehead atoms. The number of nitrogens with zero attached hydrogens (tertiary/aromatic N) is 1. The zero-order valence-electron chi connectivity index (χ0n) is 3.01. The van der Waals surface area contributed by atoms with Crippen LogP contribution in [0.1, 0.15) is 0 Å². The third-order valence-electron chi connectivity index (χ3n) is 0.371. The molecule has 1 aliphatic heterocycles. The molecule has 0 aromatic rings. The van der Waals surface area contributed by atoms with Crippen molar-refractivity contribution in [1.29, 1.82) is 0 Å². The quantitative estimate of drug-likeness (QED) is 0.448. The van der Waals surface area contributed by atoms with E-state index in [9.17, 15) is 0 Å². The number of hydrogen-bond donors (Lipinski definition) is 1. The van der Waals surface area contributed by atoms with Gasteiger partial charge in [0.05, 0.1) is 6.21 Å². The van der Waals surface area contributed by atoms with Gasteiger partial charge in [0.2, 0.25) is 0 Å². The van der Waals surface area contributed by atoms with Crippen LogP contribution < -0.4 is 4.83 Å². The molecule has 1 N–H and O–H groups in total. The first-order valence-electron chi connectivity index (χ1n) is 1.50. The summed E-state index contributed by atoms with van der Waals surface area (Å²) in [5.74, 6) is 0. The Balaban J connectivity index is 2.46. The van der Waals surface area contributed by atoms with E-state index in [4.69, 9.17) is 0 Å². The molecule has 1 aliphatic rings. The van der Waals surface area contributed by atoms with Crippen LogP contribution in [0.2, 0.25) is 0 Å². The van der Waals surface area contributed by atoms with Crippen LogP contribution in [0.15, 0.2) is 10.5 Å². The number of allylic oxidation sites excluding steroid dienone is 1. The van der Waals surface area contributed by atoms with Gasteiger partial charge in [0, 0.05) is 11.5 Å². The van der Waals surface area contributed by atoms with E-state index >= 15 is 0 Å². The lowest BCUT2D eigenvalue weighted by molar-refractivity contribution is 1.13. The summed E-state index contributed by atoms with van der Waals surface area (Å²) in [6.45, 7) is 0. The average Bonchev–Trinajstić information content (AvgIpc) is 1.72. The van der Waals surface area contributed by atoms with E-state index in [1.165, 1.54) is 11.9 Å². The Bertz CT molecular complexity index is 74.8. The summed E-state index contributed by atoms with van der Waals surface area (Å²) in [6.07, 6.45) is 4.35. The first-order valence-corrected chi connectivity index (χ1v) is 2.38. The molecule has 0 aromatic carbocycles. The zero-order chi connectivity index (χ0) is 4.24. The van der Waals surface area contributed by atoms with Crippen molar-refractivity contribution in [2.75, 3.05) is 0 Å². The van der Waals surface area contributed by atoms with Crippen molar-refractivity contribution in [2.45, 2.75) is 0 Å². The first kappa shape index (κ1) is 3.74. The van der Waals surface area contributed by atoms with Crippen LogP contribution >= 0.6 is 11.9 Å². The third-order valence-corrected chi connectivity index (χ3v) is 0.836. The highest BCUT2D eigenvalue weighted by atomic mass is 32.2. The minimum Gasteiger partial charge on any atom is -0.248 e. The number of rotatable bonds is 0. The molecule has 0 aliphatic carbocycles. The van der Waals surface area contributed by atoms with Gasteiger partial charge in [-0.3, -0.25) is 0 Å². The molecule has 0 aromatic heterocycles. The topological polar surface area (TPSA) is 24.4 Å². The lowest BCUT2D eigenvalue weighted by atomic mass is 10.7. The minimum atomic E-state index is 1.41. The van der Waals surface area contributed by atoms with Crippen molar-refractivity contribution in [3.8, 4) is 0 Å². The Kier molecular flexibility index (Phi) is 1.17. The van der Waals surface area contributed by atoms with Crippen LogP contribution in [-0.2, 0) is 0 Å². The Morgan fingerprint density at radius 2 is 2.83 bits per heavy atom. The van der Waals surface area contributed by atoms with Crippen LogP contribution in [0.3, 0.4) is 0 Å². The van der Waals surface area contributed by atoms with Crippen molar-refractivity contribution in [3.05, 3.63) is 11.5 Å². The van der Waals surface area contributed by atoms with Crippen LogP contribution in [0.25, 0.3) is 0 Å². The summed E-state index contributed by atoms with van der Waals surface area (Å²) in [5.41, 5.74) is 0. The maximum atomic E-state index is 3.62. The molecule has 0 unspecified atom stereocenters. The smallest absolute Gasteiger partial charge is 0.0563 e. The highest BCUT2D eigenvalue weighted by Gasteiger charge is 1.76. The fourth-order valence-corrected chi connectivity index (χ4v) is 0.480. The van der Waals surface area contributed by atoms with Gasteiger partial charge in [-0.15, -0.1) is 0 Å². The van der Waals surface area contributed by atoms with Gasteiger partial charge in [0.25, 0.3) is 0 Å². The fourth-order valence-electron chi connectivity index (χ4n) is 0.185. The van der Waals surface area contributed by atoms with Crippen molar-refractivity contribution in [3.63, 3.8) is 0 Å². The Morgan fingerprint density at radius 1 is 1.83 bits per heavy atom. The van der Waals surface area contributed by atoms with E-state index in [-0.39, 0.29) is 0 Å². The lowest BCUT2D eigenvalue weighted by Gasteiger charge is -1.91. The van der Waals surface area contributed by atoms with Crippen molar-refractivity contribution in [2.24, 2.45) is 5.10 Å². The number of hydrazone groups is 1. The van der Waals surface area contributed by atoms with Gasteiger partial charge >= 0.3 is 0 Å². The molecule has 2 nitrogen and oxygen atoms in total. The second-order valence-corrected chi connectivity index (χ2v) is 1.41. The Morgan fingerprint density at radius 3 is 3.00 bits per heavy atom. The second kappa shape index (κ2) is 1.87. The average molecular weight is 99.1 g/mol. The summed E-state index contributed by atoms with van der Waals surface area (Å²) < 4.78 is 0. The van der Waals surface area contributed by atoms with Gasteiger partial charge in [-0.1, -0.05) is 0 Å². The highest BCUT2D eigenvalue weighted by molar-refractivity contribution is 8.00. The van der Waals surface area contributed by atoms with E-state index in [1.807, 2.05) is 0 Å². The molecule has 1 radical (unpaired) electrons. The molecule has 3 heteroatoms. The normalized spacial score (nSPS) is 17.3. The van der Waals surface area contributed by atoms with Crippen molar-refractivity contribution >= 4 is 18.2 Å².